The van der Waals surface area contributed by atoms with Crippen LogP contribution in [0.5, 0.6) is 0 Å². The molecule has 0 saturated heterocycles. The third-order valence-electron chi connectivity index (χ3n) is 2.28. The molecule has 0 aromatic carbocycles. The van der Waals surface area contributed by atoms with Gasteiger partial charge in [-0.2, -0.15) is 0 Å². The van der Waals surface area contributed by atoms with Crippen molar-refractivity contribution in [1.82, 2.24) is 15.3 Å². The fraction of sp³-hybridized carbons (Fsp3) is 0.182. The first-order chi connectivity index (χ1) is 8.16. The predicted octanol–water partition coefficient (Wildman–Crippen LogP) is 1.36. The lowest BCUT2D eigenvalue weighted by atomic mass is 10.3. The van der Waals surface area contributed by atoms with Crippen molar-refractivity contribution in [3.05, 3.63) is 40.0 Å². The van der Waals surface area contributed by atoms with Crippen LogP contribution in [0, 0.1) is 6.92 Å². The van der Waals surface area contributed by atoms with E-state index >= 15 is 0 Å². The third-order valence-corrected chi connectivity index (χ3v) is 3.31. The van der Waals surface area contributed by atoms with Crippen LogP contribution in [0.25, 0.3) is 0 Å². The maximum Gasteiger partial charge on any atom is 0.271 e. The van der Waals surface area contributed by atoms with Gasteiger partial charge in [0, 0.05) is 4.88 Å². The normalized spacial score (nSPS) is 10.2. The van der Waals surface area contributed by atoms with E-state index in [4.69, 9.17) is 5.73 Å². The number of aromatic nitrogens is 2. The van der Waals surface area contributed by atoms with E-state index in [0.29, 0.717) is 12.4 Å². The summed E-state index contributed by atoms with van der Waals surface area (Å²) in [6.45, 7) is 2.52. The van der Waals surface area contributed by atoms with E-state index in [2.05, 4.69) is 15.3 Å². The standard InChI is InChI=1S/C11H12N4OS/c1-7-2-3-17-9(7)5-15-11(16)8-4-14-10(12)6-13-8/h2-4,6H,5H2,1H3,(H2,12,14)(H,15,16). The minimum Gasteiger partial charge on any atom is -0.382 e. The van der Waals surface area contributed by atoms with Gasteiger partial charge in [0.15, 0.2) is 0 Å². The highest BCUT2D eigenvalue weighted by atomic mass is 32.1. The number of anilines is 1. The molecule has 1 amide bonds. The number of nitrogens with two attached hydrogens (primary N) is 1. The largest absolute Gasteiger partial charge is 0.382 e. The molecule has 0 saturated carbocycles. The van der Waals surface area contributed by atoms with E-state index in [0.717, 1.165) is 4.88 Å². The summed E-state index contributed by atoms with van der Waals surface area (Å²) in [6.07, 6.45) is 2.73. The SMILES string of the molecule is Cc1ccsc1CNC(=O)c1cnc(N)cn1. The third kappa shape index (κ3) is 2.79. The quantitative estimate of drug-likeness (QED) is 0.859. The Bertz CT molecular complexity index is 521. The van der Waals surface area contributed by atoms with Crippen LogP contribution in [0.2, 0.25) is 0 Å². The highest BCUT2D eigenvalue weighted by molar-refractivity contribution is 7.10. The number of amides is 1. The zero-order chi connectivity index (χ0) is 12.3. The van der Waals surface area contributed by atoms with Crippen LogP contribution < -0.4 is 11.1 Å². The molecule has 3 N–H and O–H groups in total. The van der Waals surface area contributed by atoms with Crippen molar-refractivity contribution in [2.75, 3.05) is 5.73 Å². The smallest absolute Gasteiger partial charge is 0.271 e. The summed E-state index contributed by atoms with van der Waals surface area (Å²) in [5, 5.41) is 4.79. The van der Waals surface area contributed by atoms with Gasteiger partial charge in [0.25, 0.3) is 5.91 Å². The number of nitrogen functional groups attached to an aromatic ring is 1. The van der Waals surface area contributed by atoms with Crippen molar-refractivity contribution in [3.63, 3.8) is 0 Å². The van der Waals surface area contributed by atoms with Crippen LogP contribution in [-0.4, -0.2) is 15.9 Å². The topological polar surface area (TPSA) is 80.9 Å². The van der Waals surface area contributed by atoms with E-state index in [9.17, 15) is 4.79 Å². The second-order valence-electron chi connectivity index (χ2n) is 3.54. The average Bonchev–Trinajstić information content (AvgIpc) is 2.73. The second-order valence-corrected chi connectivity index (χ2v) is 4.54. The van der Waals surface area contributed by atoms with Gasteiger partial charge in [-0.25, -0.2) is 9.97 Å². The minimum absolute atomic E-state index is 0.245. The van der Waals surface area contributed by atoms with E-state index in [1.165, 1.54) is 18.0 Å². The van der Waals surface area contributed by atoms with Gasteiger partial charge >= 0.3 is 0 Å². The fourth-order valence-corrected chi connectivity index (χ4v) is 2.14. The summed E-state index contributed by atoms with van der Waals surface area (Å²) < 4.78 is 0. The number of thiophene rings is 1. The maximum absolute atomic E-state index is 11.7. The molecular formula is C11H12N4OS. The summed E-state index contributed by atoms with van der Waals surface area (Å²) in [6, 6.07) is 2.02. The van der Waals surface area contributed by atoms with Gasteiger partial charge in [0.2, 0.25) is 0 Å². The second kappa shape index (κ2) is 4.92. The number of hydrogen-bond donors (Lipinski definition) is 2. The van der Waals surface area contributed by atoms with Crippen LogP contribution in [0.3, 0.4) is 0 Å². The Morgan fingerprint density at radius 1 is 1.47 bits per heavy atom. The summed E-state index contributed by atoms with van der Waals surface area (Å²) >= 11 is 1.62. The molecule has 0 atom stereocenters. The Morgan fingerprint density at radius 2 is 2.29 bits per heavy atom. The molecular weight excluding hydrogens is 236 g/mol. The molecule has 2 aromatic heterocycles. The molecule has 2 rings (SSSR count). The van der Waals surface area contributed by atoms with Crippen LogP contribution in [0.1, 0.15) is 20.9 Å². The predicted molar refractivity (Wildman–Crippen MR) is 66.7 cm³/mol. The number of aryl methyl sites for hydroxylation is 1. The van der Waals surface area contributed by atoms with E-state index in [1.54, 1.807) is 11.3 Å². The maximum atomic E-state index is 11.7. The van der Waals surface area contributed by atoms with Crippen molar-refractivity contribution >= 4 is 23.1 Å². The lowest BCUT2D eigenvalue weighted by molar-refractivity contribution is 0.0946. The summed E-state index contributed by atoms with van der Waals surface area (Å²) in [7, 11) is 0. The van der Waals surface area contributed by atoms with Gasteiger partial charge in [-0.15, -0.1) is 11.3 Å². The van der Waals surface area contributed by atoms with Crippen LogP contribution in [0.4, 0.5) is 5.82 Å². The van der Waals surface area contributed by atoms with Gasteiger partial charge in [-0.1, -0.05) is 0 Å². The molecule has 0 unspecified atom stereocenters. The molecule has 0 aliphatic heterocycles. The zero-order valence-corrected chi connectivity index (χ0v) is 10.1. The van der Waals surface area contributed by atoms with Crippen molar-refractivity contribution in [1.29, 1.82) is 0 Å². The number of nitrogens with one attached hydrogen (secondary N) is 1. The lowest BCUT2D eigenvalue weighted by Crippen LogP contribution is -2.23. The Hall–Kier alpha value is -1.95. The molecule has 0 radical (unpaired) electrons. The molecule has 17 heavy (non-hydrogen) atoms. The molecule has 0 spiro atoms. The molecule has 0 aliphatic rings. The number of hydrogen-bond acceptors (Lipinski definition) is 5. The first kappa shape index (κ1) is 11.5. The van der Waals surface area contributed by atoms with Gasteiger partial charge in [0.1, 0.15) is 11.5 Å². The number of carbonyl (C=O) groups is 1. The van der Waals surface area contributed by atoms with Gasteiger partial charge in [-0.05, 0) is 23.9 Å². The molecule has 6 heteroatoms. The number of rotatable bonds is 3. The van der Waals surface area contributed by atoms with Gasteiger partial charge in [0.05, 0.1) is 18.9 Å². The molecule has 0 fully saturated rings. The monoisotopic (exact) mass is 248 g/mol. The molecule has 2 aromatic rings. The first-order valence-corrected chi connectivity index (χ1v) is 5.93. The van der Waals surface area contributed by atoms with Gasteiger partial charge < -0.3 is 11.1 Å². The number of nitrogens with zero attached hydrogens (tertiary/aromatic N) is 2. The van der Waals surface area contributed by atoms with Crippen LogP contribution >= 0.6 is 11.3 Å². The fourth-order valence-electron chi connectivity index (χ4n) is 1.29. The minimum atomic E-state index is -0.245. The Kier molecular flexibility index (Phi) is 3.34. The molecule has 88 valence electrons. The molecule has 5 nitrogen and oxygen atoms in total. The van der Waals surface area contributed by atoms with E-state index < -0.39 is 0 Å². The number of carbonyl (C=O) groups excluding carboxylic acids is 1. The first-order valence-electron chi connectivity index (χ1n) is 5.05. The molecule has 0 aliphatic carbocycles. The van der Waals surface area contributed by atoms with E-state index in [-0.39, 0.29) is 11.6 Å². The van der Waals surface area contributed by atoms with E-state index in [1.807, 2.05) is 18.4 Å². The lowest BCUT2D eigenvalue weighted by Gasteiger charge is -2.03. The Balaban J connectivity index is 1.98. The highest BCUT2D eigenvalue weighted by Gasteiger charge is 2.08. The zero-order valence-electron chi connectivity index (χ0n) is 9.30. The van der Waals surface area contributed by atoms with Crippen molar-refractivity contribution in [2.45, 2.75) is 13.5 Å². The highest BCUT2D eigenvalue weighted by Crippen LogP contribution is 2.14. The molecule has 2 heterocycles. The van der Waals surface area contributed by atoms with Crippen LogP contribution in [-0.2, 0) is 6.54 Å². The molecule has 0 bridgehead atoms. The Labute approximate surface area is 103 Å². The summed E-state index contributed by atoms with van der Waals surface area (Å²) in [5.41, 5.74) is 6.85. The van der Waals surface area contributed by atoms with Crippen molar-refractivity contribution < 1.29 is 4.79 Å². The average molecular weight is 248 g/mol. The summed E-state index contributed by atoms with van der Waals surface area (Å²) in [5.74, 6) is 0.0564. The summed E-state index contributed by atoms with van der Waals surface area (Å²) in [4.78, 5) is 20.6. The van der Waals surface area contributed by atoms with Crippen LogP contribution in [0.15, 0.2) is 23.8 Å². The van der Waals surface area contributed by atoms with Crippen molar-refractivity contribution in [2.24, 2.45) is 0 Å². The van der Waals surface area contributed by atoms with Gasteiger partial charge in [-0.3, -0.25) is 4.79 Å². The Morgan fingerprint density at radius 3 is 2.88 bits per heavy atom. The van der Waals surface area contributed by atoms with Crippen molar-refractivity contribution in [3.8, 4) is 0 Å².